The van der Waals surface area contributed by atoms with Crippen LogP contribution in [0.2, 0.25) is 0 Å². The average Bonchev–Trinajstić information content (AvgIpc) is 3.23. The third-order valence-electron chi connectivity index (χ3n) is 5.04. The first-order valence-corrected chi connectivity index (χ1v) is 8.11. The quantitative estimate of drug-likeness (QED) is 0.868. The molecule has 5 nitrogen and oxygen atoms in total. The number of amides is 1. The van der Waals surface area contributed by atoms with Crippen LogP contribution in [0.5, 0.6) is 0 Å². The van der Waals surface area contributed by atoms with E-state index in [0.29, 0.717) is 11.8 Å². The Morgan fingerprint density at radius 3 is 2.74 bits per heavy atom. The molecule has 0 bridgehead atoms. The van der Waals surface area contributed by atoms with E-state index in [1.807, 2.05) is 29.2 Å². The van der Waals surface area contributed by atoms with Crippen LogP contribution in [0.4, 0.5) is 0 Å². The van der Waals surface area contributed by atoms with E-state index in [1.54, 1.807) is 0 Å². The summed E-state index contributed by atoms with van der Waals surface area (Å²) in [6.45, 7) is 3.97. The van der Waals surface area contributed by atoms with Gasteiger partial charge in [-0.15, -0.1) is 0 Å². The zero-order valence-corrected chi connectivity index (χ0v) is 13.2. The van der Waals surface area contributed by atoms with Gasteiger partial charge in [0.1, 0.15) is 6.33 Å². The molecule has 0 radical (unpaired) electrons. The Balaban J connectivity index is 1.48. The fourth-order valence-electron chi connectivity index (χ4n) is 3.75. The number of aromatic amines is 1. The van der Waals surface area contributed by atoms with Gasteiger partial charge in [-0.05, 0) is 43.7 Å². The van der Waals surface area contributed by atoms with E-state index in [0.717, 1.165) is 42.9 Å². The zero-order chi connectivity index (χ0) is 15.8. The number of nitrogens with zero attached hydrogens (tertiary/aromatic N) is 3. The van der Waals surface area contributed by atoms with Crippen molar-refractivity contribution in [1.29, 1.82) is 0 Å². The van der Waals surface area contributed by atoms with Crippen LogP contribution in [0, 0.1) is 11.8 Å². The van der Waals surface area contributed by atoms with Gasteiger partial charge in [0.2, 0.25) is 0 Å². The molecular weight excluding hydrogens is 288 g/mol. The first-order chi connectivity index (χ1) is 11.2. The lowest BCUT2D eigenvalue weighted by Crippen LogP contribution is -2.28. The molecule has 0 unspecified atom stereocenters. The van der Waals surface area contributed by atoms with Crippen molar-refractivity contribution in [3.05, 3.63) is 47.8 Å². The number of likely N-dealkylation sites (tertiary alicyclic amines) is 1. The van der Waals surface area contributed by atoms with Crippen molar-refractivity contribution in [2.45, 2.75) is 19.8 Å². The molecule has 4 rings (SSSR count). The number of nitrogens with one attached hydrogen (secondary N) is 1. The molecule has 1 fully saturated rings. The lowest BCUT2D eigenvalue weighted by molar-refractivity contribution is 0.0784. The van der Waals surface area contributed by atoms with Crippen molar-refractivity contribution in [3.8, 4) is 11.4 Å². The summed E-state index contributed by atoms with van der Waals surface area (Å²) in [5, 5.41) is 6.68. The normalized spacial score (nSPS) is 23.5. The highest BCUT2D eigenvalue weighted by atomic mass is 16.2. The van der Waals surface area contributed by atoms with Crippen LogP contribution in [-0.2, 0) is 0 Å². The van der Waals surface area contributed by atoms with Crippen molar-refractivity contribution >= 4 is 5.91 Å². The van der Waals surface area contributed by atoms with Gasteiger partial charge < -0.3 is 4.90 Å². The van der Waals surface area contributed by atoms with Gasteiger partial charge in [0.05, 0.1) is 0 Å². The summed E-state index contributed by atoms with van der Waals surface area (Å²) in [4.78, 5) is 18.9. The number of aromatic nitrogens is 3. The Morgan fingerprint density at radius 2 is 2.00 bits per heavy atom. The average molecular weight is 308 g/mol. The van der Waals surface area contributed by atoms with E-state index in [1.165, 1.54) is 11.9 Å². The number of fused-ring (bicyclic) bond motifs is 1. The molecule has 5 heteroatoms. The SMILES string of the molecule is CC1=CC[C@H]2CN(C(=O)c3ccc(-c4ncn[nH]4)cc3)C[C@H]2C1. The first kappa shape index (κ1) is 14.2. The maximum absolute atomic E-state index is 12.7. The topological polar surface area (TPSA) is 61.9 Å². The summed E-state index contributed by atoms with van der Waals surface area (Å²) in [5.41, 5.74) is 3.16. The highest BCUT2D eigenvalue weighted by Crippen LogP contribution is 2.36. The monoisotopic (exact) mass is 308 g/mol. The van der Waals surface area contributed by atoms with Crippen molar-refractivity contribution in [2.75, 3.05) is 13.1 Å². The van der Waals surface area contributed by atoms with Crippen LogP contribution < -0.4 is 0 Å². The van der Waals surface area contributed by atoms with Crippen LogP contribution in [-0.4, -0.2) is 39.1 Å². The van der Waals surface area contributed by atoms with Crippen LogP contribution >= 0.6 is 0 Å². The van der Waals surface area contributed by atoms with Gasteiger partial charge in [0, 0.05) is 24.2 Å². The highest BCUT2D eigenvalue weighted by molar-refractivity contribution is 5.94. The van der Waals surface area contributed by atoms with E-state index in [2.05, 4.69) is 28.2 Å². The van der Waals surface area contributed by atoms with Crippen molar-refractivity contribution in [1.82, 2.24) is 20.1 Å². The van der Waals surface area contributed by atoms with Crippen molar-refractivity contribution in [3.63, 3.8) is 0 Å². The lowest BCUT2D eigenvalue weighted by atomic mass is 9.83. The van der Waals surface area contributed by atoms with Crippen LogP contribution in [0.25, 0.3) is 11.4 Å². The number of H-pyrrole nitrogens is 1. The third kappa shape index (κ3) is 2.67. The number of allylic oxidation sites excluding steroid dienone is 2. The number of hydrogen-bond acceptors (Lipinski definition) is 3. The Hall–Kier alpha value is -2.43. The summed E-state index contributed by atoms with van der Waals surface area (Å²) >= 11 is 0. The summed E-state index contributed by atoms with van der Waals surface area (Å²) < 4.78 is 0. The molecule has 0 saturated carbocycles. The highest BCUT2D eigenvalue weighted by Gasteiger charge is 2.36. The minimum Gasteiger partial charge on any atom is -0.338 e. The second-order valence-corrected chi connectivity index (χ2v) is 6.63. The molecule has 1 aromatic heterocycles. The van der Waals surface area contributed by atoms with Crippen LogP contribution in [0.3, 0.4) is 0 Å². The van der Waals surface area contributed by atoms with Gasteiger partial charge in [-0.25, -0.2) is 4.98 Å². The second-order valence-electron chi connectivity index (χ2n) is 6.63. The molecule has 1 saturated heterocycles. The minimum absolute atomic E-state index is 0.140. The molecule has 0 spiro atoms. The fraction of sp³-hybridized carbons (Fsp3) is 0.389. The fourth-order valence-corrected chi connectivity index (χ4v) is 3.75. The third-order valence-corrected chi connectivity index (χ3v) is 5.04. The predicted molar refractivity (Wildman–Crippen MR) is 87.7 cm³/mol. The van der Waals surface area contributed by atoms with E-state index in [9.17, 15) is 4.79 Å². The number of benzene rings is 1. The minimum atomic E-state index is 0.140. The summed E-state index contributed by atoms with van der Waals surface area (Å²) in [5.74, 6) is 2.13. The van der Waals surface area contributed by atoms with Crippen molar-refractivity contribution in [2.24, 2.45) is 11.8 Å². The molecule has 1 aromatic carbocycles. The number of hydrogen-bond donors (Lipinski definition) is 1. The smallest absolute Gasteiger partial charge is 0.253 e. The molecule has 1 amide bonds. The summed E-state index contributed by atoms with van der Waals surface area (Å²) in [7, 11) is 0. The number of carbonyl (C=O) groups excluding carboxylic acids is 1. The lowest BCUT2D eigenvalue weighted by Gasteiger charge is -2.21. The van der Waals surface area contributed by atoms with E-state index >= 15 is 0 Å². The van der Waals surface area contributed by atoms with Gasteiger partial charge in [-0.2, -0.15) is 5.10 Å². The Kier molecular flexibility index (Phi) is 3.48. The predicted octanol–water partition coefficient (Wildman–Crippen LogP) is 2.90. The van der Waals surface area contributed by atoms with Gasteiger partial charge >= 0.3 is 0 Å². The number of rotatable bonds is 2. The molecule has 118 valence electrons. The molecule has 1 aliphatic heterocycles. The Labute approximate surface area is 135 Å². The first-order valence-electron chi connectivity index (χ1n) is 8.11. The van der Waals surface area contributed by atoms with E-state index in [-0.39, 0.29) is 5.91 Å². The zero-order valence-electron chi connectivity index (χ0n) is 13.2. The second kappa shape index (κ2) is 5.65. The van der Waals surface area contributed by atoms with Crippen molar-refractivity contribution < 1.29 is 4.79 Å². The molecule has 2 atom stereocenters. The summed E-state index contributed by atoms with van der Waals surface area (Å²) in [6, 6.07) is 7.60. The number of carbonyl (C=O) groups is 1. The molecular formula is C18H20N4O. The van der Waals surface area contributed by atoms with Crippen LogP contribution in [0.1, 0.15) is 30.1 Å². The molecule has 23 heavy (non-hydrogen) atoms. The standard InChI is InChI=1S/C18H20N4O/c1-12-2-3-15-9-22(10-16(15)8-12)18(23)14-6-4-13(5-7-14)17-19-11-20-21-17/h2,4-7,11,15-16H,3,8-10H2,1H3,(H,19,20,21)/t15-,16+/m0/s1. The molecule has 2 aliphatic rings. The van der Waals surface area contributed by atoms with Gasteiger partial charge in [0.15, 0.2) is 5.82 Å². The maximum atomic E-state index is 12.7. The summed E-state index contributed by atoms with van der Waals surface area (Å²) in [6.07, 6.45) is 6.07. The Morgan fingerprint density at radius 1 is 1.22 bits per heavy atom. The van der Waals surface area contributed by atoms with E-state index < -0.39 is 0 Å². The van der Waals surface area contributed by atoms with Gasteiger partial charge in [0.25, 0.3) is 5.91 Å². The largest absolute Gasteiger partial charge is 0.338 e. The van der Waals surface area contributed by atoms with Gasteiger partial charge in [-0.1, -0.05) is 23.8 Å². The molecule has 2 aromatic rings. The van der Waals surface area contributed by atoms with E-state index in [4.69, 9.17) is 0 Å². The van der Waals surface area contributed by atoms with Gasteiger partial charge in [-0.3, -0.25) is 9.89 Å². The maximum Gasteiger partial charge on any atom is 0.253 e. The molecule has 1 aliphatic carbocycles. The van der Waals surface area contributed by atoms with Crippen LogP contribution in [0.15, 0.2) is 42.2 Å². The Bertz CT molecular complexity index is 733. The molecule has 1 N–H and O–H groups in total. The molecule has 2 heterocycles.